The van der Waals surface area contributed by atoms with Crippen molar-refractivity contribution in [2.45, 2.75) is 19.1 Å². The van der Waals surface area contributed by atoms with Crippen LogP contribution in [-0.4, -0.2) is 61.3 Å². The highest BCUT2D eigenvalue weighted by molar-refractivity contribution is 5.85. The van der Waals surface area contributed by atoms with Crippen LogP contribution in [0.2, 0.25) is 0 Å². The van der Waals surface area contributed by atoms with Gasteiger partial charge in [0.25, 0.3) is 0 Å². The minimum Gasteiger partial charge on any atom is -0.434 e. The minimum atomic E-state index is -2.93. The molecule has 8 heteroatoms. The Kier molecular flexibility index (Phi) is 9.13. The summed E-state index contributed by atoms with van der Waals surface area (Å²) in [6.07, 6.45) is 1.61. The van der Waals surface area contributed by atoms with Gasteiger partial charge >= 0.3 is 6.61 Å². The van der Waals surface area contributed by atoms with E-state index in [-0.39, 0.29) is 17.7 Å². The minimum absolute atomic E-state index is 0.00711. The van der Waals surface area contributed by atoms with E-state index in [9.17, 15) is 13.6 Å². The van der Waals surface area contributed by atoms with Gasteiger partial charge in [0.05, 0.1) is 12.3 Å². The SMILES string of the molecule is O=C(CCN1CCN(C(c2ccccc2)c2ccccc2)CC1)N/N=C\c1ccccc1OC(F)F. The number of para-hydroxylation sites is 1. The first-order valence-electron chi connectivity index (χ1n) is 12.0. The van der Waals surface area contributed by atoms with Crippen molar-refractivity contribution in [3.8, 4) is 5.75 Å². The lowest BCUT2D eigenvalue weighted by molar-refractivity contribution is -0.121. The molecule has 6 nitrogen and oxygen atoms in total. The maximum atomic E-state index is 12.5. The second-order valence-electron chi connectivity index (χ2n) is 8.56. The summed E-state index contributed by atoms with van der Waals surface area (Å²) in [6.45, 7) is 1.23. The number of halogens is 2. The third-order valence-electron chi connectivity index (χ3n) is 6.19. The van der Waals surface area contributed by atoms with Crippen LogP contribution < -0.4 is 10.2 Å². The second kappa shape index (κ2) is 12.9. The molecule has 1 amide bonds. The number of benzene rings is 3. The van der Waals surface area contributed by atoms with Crippen molar-refractivity contribution < 1.29 is 18.3 Å². The van der Waals surface area contributed by atoms with Gasteiger partial charge in [-0.05, 0) is 23.3 Å². The molecule has 1 fully saturated rings. The Labute approximate surface area is 210 Å². The largest absolute Gasteiger partial charge is 0.434 e. The summed E-state index contributed by atoms with van der Waals surface area (Å²) in [5.41, 5.74) is 5.38. The highest BCUT2D eigenvalue weighted by Gasteiger charge is 2.26. The number of hydrazone groups is 1. The zero-order chi connectivity index (χ0) is 25.2. The summed E-state index contributed by atoms with van der Waals surface area (Å²) in [6, 6.07) is 27.6. The second-order valence-corrected chi connectivity index (χ2v) is 8.56. The molecular weight excluding hydrogens is 462 g/mol. The van der Waals surface area contributed by atoms with Crippen LogP contribution >= 0.6 is 0 Å². The van der Waals surface area contributed by atoms with Crippen molar-refractivity contribution >= 4 is 12.1 Å². The Morgan fingerprint density at radius 2 is 1.47 bits per heavy atom. The number of ether oxygens (including phenoxy) is 1. The average molecular weight is 493 g/mol. The van der Waals surface area contributed by atoms with Gasteiger partial charge in [0.15, 0.2) is 0 Å². The van der Waals surface area contributed by atoms with Crippen LogP contribution in [0.1, 0.15) is 29.2 Å². The predicted molar refractivity (Wildman–Crippen MR) is 136 cm³/mol. The van der Waals surface area contributed by atoms with Gasteiger partial charge in [-0.25, -0.2) is 5.43 Å². The summed E-state index contributed by atoms with van der Waals surface area (Å²) in [7, 11) is 0. The molecule has 0 bridgehead atoms. The molecule has 3 aromatic carbocycles. The van der Waals surface area contributed by atoms with Gasteiger partial charge in [0.1, 0.15) is 5.75 Å². The molecule has 1 aliphatic rings. The molecule has 1 saturated heterocycles. The van der Waals surface area contributed by atoms with E-state index in [4.69, 9.17) is 0 Å². The average Bonchev–Trinajstić information content (AvgIpc) is 2.90. The van der Waals surface area contributed by atoms with Gasteiger partial charge < -0.3 is 9.64 Å². The number of piperazine rings is 1. The molecule has 1 aliphatic heterocycles. The number of carbonyl (C=O) groups excluding carboxylic acids is 1. The van der Waals surface area contributed by atoms with E-state index in [0.29, 0.717) is 18.5 Å². The lowest BCUT2D eigenvalue weighted by Crippen LogP contribution is -2.48. The molecule has 3 aromatic rings. The number of hydrogen-bond acceptors (Lipinski definition) is 5. The number of rotatable bonds is 10. The Balaban J connectivity index is 1.26. The number of alkyl halides is 2. The van der Waals surface area contributed by atoms with Crippen molar-refractivity contribution in [3.05, 3.63) is 102 Å². The predicted octanol–water partition coefficient (Wildman–Crippen LogP) is 4.54. The van der Waals surface area contributed by atoms with Crippen LogP contribution in [0.3, 0.4) is 0 Å². The topological polar surface area (TPSA) is 57.2 Å². The van der Waals surface area contributed by atoms with Crippen LogP contribution in [0.15, 0.2) is 90.0 Å². The van der Waals surface area contributed by atoms with E-state index in [1.807, 2.05) is 12.1 Å². The molecule has 0 spiro atoms. The van der Waals surface area contributed by atoms with Crippen molar-refractivity contribution in [1.29, 1.82) is 0 Å². The first-order chi connectivity index (χ1) is 17.6. The molecule has 4 rings (SSSR count). The van der Waals surface area contributed by atoms with Crippen molar-refractivity contribution in [2.75, 3.05) is 32.7 Å². The zero-order valence-corrected chi connectivity index (χ0v) is 20.0. The van der Waals surface area contributed by atoms with E-state index in [2.05, 4.69) is 73.6 Å². The number of nitrogens with one attached hydrogen (secondary N) is 1. The third-order valence-corrected chi connectivity index (χ3v) is 6.19. The van der Waals surface area contributed by atoms with Crippen LogP contribution in [-0.2, 0) is 4.79 Å². The van der Waals surface area contributed by atoms with Crippen LogP contribution in [0.5, 0.6) is 5.75 Å². The van der Waals surface area contributed by atoms with Gasteiger partial charge in [0, 0.05) is 44.7 Å². The first kappa shape index (κ1) is 25.5. The molecule has 1 heterocycles. The molecular formula is C28H30F2N4O2. The van der Waals surface area contributed by atoms with E-state index < -0.39 is 6.61 Å². The molecule has 0 aromatic heterocycles. The third kappa shape index (κ3) is 7.19. The van der Waals surface area contributed by atoms with Crippen LogP contribution in [0, 0.1) is 0 Å². The molecule has 0 radical (unpaired) electrons. The Morgan fingerprint density at radius 3 is 2.08 bits per heavy atom. The number of nitrogens with zero attached hydrogens (tertiary/aromatic N) is 3. The molecule has 36 heavy (non-hydrogen) atoms. The number of amides is 1. The highest BCUT2D eigenvalue weighted by Crippen LogP contribution is 2.29. The van der Waals surface area contributed by atoms with E-state index in [1.165, 1.54) is 23.4 Å². The summed E-state index contributed by atoms with van der Waals surface area (Å²) in [4.78, 5) is 17.0. The van der Waals surface area contributed by atoms with Gasteiger partial charge in [0.2, 0.25) is 5.91 Å². The van der Waals surface area contributed by atoms with Crippen LogP contribution in [0.4, 0.5) is 8.78 Å². The fourth-order valence-electron chi connectivity index (χ4n) is 4.41. The van der Waals surface area contributed by atoms with Gasteiger partial charge in [-0.15, -0.1) is 0 Å². The molecule has 188 valence electrons. The maximum Gasteiger partial charge on any atom is 0.387 e. The number of carbonyl (C=O) groups is 1. The van der Waals surface area contributed by atoms with Crippen molar-refractivity contribution in [1.82, 2.24) is 15.2 Å². The summed E-state index contributed by atoms with van der Waals surface area (Å²) in [5.74, 6) is -0.222. The Bertz CT molecular complexity index is 1080. The standard InChI is InChI=1S/C28H30F2N4O2/c29-28(30)36-25-14-8-7-13-24(25)21-31-32-26(35)15-16-33-17-19-34(20-18-33)27(22-9-3-1-4-10-22)23-11-5-2-6-12-23/h1-14,21,27-28H,15-20H2,(H,32,35)/b31-21-. The fourth-order valence-corrected chi connectivity index (χ4v) is 4.41. The summed E-state index contributed by atoms with van der Waals surface area (Å²) < 4.78 is 29.5. The molecule has 1 N–H and O–H groups in total. The molecule has 0 unspecified atom stereocenters. The van der Waals surface area contributed by atoms with E-state index >= 15 is 0 Å². The molecule has 0 atom stereocenters. The van der Waals surface area contributed by atoms with E-state index in [0.717, 1.165) is 26.2 Å². The smallest absolute Gasteiger partial charge is 0.387 e. The Morgan fingerprint density at radius 1 is 0.889 bits per heavy atom. The zero-order valence-electron chi connectivity index (χ0n) is 20.0. The van der Waals surface area contributed by atoms with E-state index in [1.54, 1.807) is 18.2 Å². The van der Waals surface area contributed by atoms with Gasteiger partial charge in [-0.2, -0.15) is 13.9 Å². The molecule has 0 saturated carbocycles. The normalized spacial score (nSPS) is 15.0. The lowest BCUT2D eigenvalue weighted by Gasteiger charge is -2.39. The monoisotopic (exact) mass is 492 g/mol. The highest BCUT2D eigenvalue weighted by atomic mass is 19.3. The summed E-state index contributed by atoms with van der Waals surface area (Å²) in [5, 5.41) is 3.90. The lowest BCUT2D eigenvalue weighted by atomic mass is 9.96. The van der Waals surface area contributed by atoms with Gasteiger partial charge in [-0.3, -0.25) is 9.69 Å². The van der Waals surface area contributed by atoms with Crippen LogP contribution in [0.25, 0.3) is 0 Å². The van der Waals surface area contributed by atoms with Gasteiger partial charge in [-0.1, -0.05) is 72.8 Å². The first-order valence-corrected chi connectivity index (χ1v) is 12.0. The molecule has 0 aliphatic carbocycles. The van der Waals surface area contributed by atoms with Crippen molar-refractivity contribution in [3.63, 3.8) is 0 Å². The quantitative estimate of drug-likeness (QED) is 0.334. The Hall–Kier alpha value is -3.62. The van der Waals surface area contributed by atoms with Crippen molar-refractivity contribution in [2.24, 2.45) is 5.10 Å². The summed E-state index contributed by atoms with van der Waals surface area (Å²) >= 11 is 0. The fraction of sp³-hybridized carbons (Fsp3) is 0.286. The maximum absolute atomic E-state index is 12.5. The number of hydrogen-bond donors (Lipinski definition) is 1.